The van der Waals surface area contributed by atoms with E-state index in [1.807, 2.05) is 6.92 Å². The van der Waals surface area contributed by atoms with Crippen molar-refractivity contribution in [3.05, 3.63) is 37.6 Å². The highest BCUT2D eigenvalue weighted by molar-refractivity contribution is 5.81. The third kappa shape index (κ3) is 10.5. The van der Waals surface area contributed by atoms with Crippen molar-refractivity contribution in [3.8, 4) is 0 Å². The molecule has 0 heterocycles. The van der Waals surface area contributed by atoms with Crippen molar-refractivity contribution in [1.29, 1.82) is 0 Å². The lowest BCUT2D eigenvalue weighted by Gasteiger charge is -2.28. The molecule has 0 aromatic heterocycles. The van der Waals surface area contributed by atoms with E-state index in [1.54, 1.807) is 27.7 Å². The van der Waals surface area contributed by atoms with E-state index < -0.39 is 28.9 Å². The van der Waals surface area contributed by atoms with Gasteiger partial charge in [-0.15, -0.1) is 0 Å². The predicted octanol–water partition coefficient (Wildman–Crippen LogP) is 3.74. The van der Waals surface area contributed by atoms with Crippen molar-refractivity contribution < 1.29 is 33.3 Å². The average Bonchev–Trinajstić information content (AvgIpc) is 2.67. The van der Waals surface area contributed by atoms with Crippen molar-refractivity contribution in [2.75, 3.05) is 19.8 Å². The molecule has 0 N–H and O–H groups in total. The zero-order chi connectivity index (χ0) is 22.7. The van der Waals surface area contributed by atoms with E-state index in [0.717, 1.165) is 6.08 Å². The van der Waals surface area contributed by atoms with Crippen LogP contribution in [0.1, 0.15) is 47.5 Å². The molecule has 0 bridgehead atoms. The molecule has 2 atom stereocenters. The Bertz CT molecular complexity index is 595. The third-order valence-electron chi connectivity index (χ3n) is 4.35. The number of carbonyl (C=O) groups is 3. The van der Waals surface area contributed by atoms with Crippen LogP contribution >= 0.6 is 0 Å². The van der Waals surface area contributed by atoms with Gasteiger partial charge in [-0.2, -0.15) is 0 Å². The molecule has 0 saturated carbocycles. The van der Waals surface area contributed by atoms with Gasteiger partial charge >= 0.3 is 17.9 Å². The Hall–Kier alpha value is -2.57. The van der Waals surface area contributed by atoms with Crippen molar-refractivity contribution in [3.63, 3.8) is 0 Å². The maximum absolute atomic E-state index is 12.4. The van der Waals surface area contributed by atoms with Crippen LogP contribution in [0.4, 0.5) is 0 Å². The fourth-order valence-electron chi connectivity index (χ4n) is 1.96. The first-order chi connectivity index (χ1) is 13.4. The van der Waals surface area contributed by atoms with Gasteiger partial charge in [0.25, 0.3) is 0 Å². The lowest BCUT2D eigenvalue weighted by molar-refractivity contribution is -0.166. The number of esters is 3. The summed E-state index contributed by atoms with van der Waals surface area (Å²) in [6.45, 7) is 19.3. The Balaban J connectivity index is 4.82. The average molecular weight is 411 g/mol. The highest BCUT2D eigenvalue weighted by Gasteiger charge is 2.33. The van der Waals surface area contributed by atoms with Gasteiger partial charge in [-0.1, -0.05) is 33.6 Å². The molecule has 0 rings (SSSR count). The minimum atomic E-state index is -0.859. The summed E-state index contributed by atoms with van der Waals surface area (Å²) >= 11 is 0. The van der Waals surface area contributed by atoms with Crippen LogP contribution in [0.3, 0.4) is 0 Å². The van der Waals surface area contributed by atoms with Gasteiger partial charge in [0.15, 0.2) is 0 Å². The van der Waals surface area contributed by atoms with Gasteiger partial charge in [0.05, 0.1) is 18.4 Å². The maximum Gasteiger partial charge on any atom is 0.330 e. The number of hydrogen-bond acceptors (Lipinski definition) is 7. The molecule has 29 heavy (non-hydrogen) atoms. The van der Waals surface area contributed by atoms with Crippen molar-refractivity contribution in [2.24, 2.45) is 10.8 Å². The lowest BCUT2D eigenvalue weighted by atomic mass is 9.88. The predicted molar refractivity (Wildman–Crippen MR) is 110 cm³/mol. The first kappa shape index (κ1) is 26.4. The molecule has 7 nitrogen and oxygen atoms in total. The van der Waals surface area contributed by atoms with Gasteiger partial charge in [-0.25, -0.2) is 4.79 Å². The Morgan fingerprint density at radius 2 is 1.59 bits per heavy atom. The van der Waals surface area contributed by atoms with Gasteiger partial charge in [0.1, 0.15) is 25.1 Å². The van der Waals surface area contributed by atoms with Gasteiger partial charge in [0.2, 0.25) is 0 Å². The summed E-state index contributed by atoms with van der Waals surface area (Å²) in [5, 5.41) is 0. The summed E-state index contributed by atoms with van der Waals surface area (Å²) in [5.41, 5.74) is -1.45. The van der Waals surface area contributed by atoms with E-state index in [4.69, 9.17) is 18.9 Å². The fraction of sp³-hybridized carbons (Fsp3) is 0.591. The molecule has 0 aromatic carbocycles. The minimum absolute atomic E-state index is 0.0417. The molecule has 0 spiro atoms. The highest BCUT2D eigenvalue weighted by atomic mass is 16.6. The molecule has 0 radical (unpaired) electrons. The highest BCUT2D eigenvalue weighted by Crippen LogP contribution is 2.25. The van der Waals surface area contributed by atoms with Crippen molar-refractivity contribution in [2.45, 2.75) is 53.6 Å². The molecule has 0 amide bonds. The molecule has 0 fully saturated rings. The number of carbonyl (C=O) groups excluding carboxylic acids is 3. The number of hydrogen-bond donors (Lipinski definition) is 0. The van der Waals surface area contributed by atoms with Crippen LogP contribution in [0.25, 0.3) is 0 Å². The molecule has 0 aliphatic rings. The van der Waals surface area contributed by atoms with Crippen molar-refractivity contribution in [1.82, 2.24) is 0 Å². The van der Waals surface area contributed by atoms with Gasteiger partial charge in [-0.05, 0) is 33.3 Å². The maximum atomic E-state index is 12.4. The van der Waals surface area contributed by atoms with E-state index in [-0.39, 0.29) is 32.2 Å². The molecule has 0 aromatic rings. The largest absolute Gasteiger partial charge is 0.494 e. The Labute approximate surface area is 173 Å². The summed E-state index contributed by atoms with van der Waals surface area (Å²) in [4.78, 5) is 35.8. The van der Waals surface area contributed by atoms with Crippen LogP contribution in [-0.4, -0.2) is 43.8 Å². The first-order valence-corrected chi connectivity index (χ1v) is 9.49. The standard InChI is InChI=1S/C22H34O7/c1-9-16(4)27-14-22(8,15-28-18(23)10-2)12-19(24)29-17(5)13-26-20(25)21(6,7)11-3/h9-10,17H,1-2,4,11-15H2,3,5-8H3. The zero-order valence-electron chi connectivity index (χ0n) is 18.2. The second-order valence-electron chi connectivity index (χ2n) is 7.89. The number of rotatable bonds is 14. The smallest absolute Gasteiger partial charge is 0.330 e. The third-order valence-corrected chi connectivity index (χ3v) is 4.35. The van der Waals surface area contributed by atoms with Gasteiger partial charge < -0.3 is 18.9 Å². The summed E-state index contributed by atoms with van der Waals surface area (Å²) in [6, 6.07) is 0. The summed E-state index contributed by atoms with van der Waals surface area (Å²) in [7, 11) is 0. The molecule has 0 aliphatic carbocycles. The fourth-order valence-corrected chi connectivity index (χ4v) is 1.96. The first-order valence-electron chi connectivity index (χ1n) is 9.49. The topological polar surface area (TPSA) is 88.1 Å². The van der Waals surface area contributed by atoms with Gasteiger partial charge in [0, 0.05) is 11.5 Å². The van der Waals surface area contributed by atoms with Crippen LogP contribution in [-0.2, 0) is 33.3 Å². The molecule has 164 valence electrons. The second-order valence-corrected chi connectivity index (χ2v) is 7.89. The molecular weight excluding hydrogens is 376 g/mol. The monoisotopic (exact) mass is 410 g/mol. The van der Waals surface area contributed by atoms with Crippen LogP contribution in [0, 0.1) is 10.8 Å². The molecular formula is C22H34O7. The summed E-state index contributed by atoms with van der Waals surface area (Å²) in [6.07, 6.45) is 2.40. The quantitative estimate of drug-likeness (QED) is 0.142. The summed E-state index contributed by atoms with van der Waals surface area (Å²) in [5.74, 6) is -1.15. The lowest BCUT2D eigenvalue weighted by Crippen LogP contribution is -2.35. The van der Waals surface area contributed by atoms with Crippen LogP contribution in [0.2, 0.25) is 0 Å². The van der Waals surface area contributed by atoms with Crippen LogP contribution in [0.15, 0.2) is 37.6 Å². The van der Waals surface area contributed by atoms with E-state index in [0.29, 0.717) is 12.2 Å². The molecule has 0 aliphatic heterocycles. The Morgan fingerprint density at radius 3 is 2.10 bits per heavy atom. The minimum Gasteiger partial charge on any atom is -0.494 e. The Kier molecular flexibility index (Phi) is 11.0. The zero-order valence-corrected chi connectivity index (χ0v) is 18.2. The van der Waals surface area contributed by atoms with Crippen molar-refractivity contribution >= 4 is 17.9 Å². The molecule has 0 saturated heterocycles. The number of ether oxygens (including phenoxy) is 4. The normalized spacial score (nSPS) is 14.0. The van der Waals surface area contributed by atoms with E-state index >= 15 is 0 Å². The van der Waals surface area contributed by atoms with E-state index in [1.165, 1.54) is 6.08 Å². The Morgan fingerprint density at radius 1 is 1.00 bits per heavy atom. The van der Waals surface area contributed by atoms with Crippen LogP contribution < -0.4 is 0 Å². The molecule has 7 heteroatoms. The van der Waals surface area contributed by atoms with E-state index in [2.05, 4.69) is 19.7 Å². The van der Waals surface area contributed by atoms with Crippen LogP contribution in [0.5, 0.6) is 0 Å². The SMILES string of the molecule is C=CC(=C)OCC(C)(COC(=O)C=C)CC(=O)OC(C)COC(=O)C(C)(C)CC. The molecule has 2 unspecified atom stereocenters. The summed E-state index contributed by atoms with van der Waals surface area (Å²) < 4.78 is 21.1. The second kappa shape index (κ2) is 12.1. The number of allylic oxidation sites excluding steroid dienone is 1. The van der Waals surface area contributed by atoms with E-state index in [9.17, 15) is 14.4 Å². The van der Waals surface area contributed by atoms with Gasteiger partial charge in [-0.3, -0.25) is 9.59 Å².